The first-order valence-electron chi connectivity index (χ1n) is 7.30. The molecule has 1 fully saturated rings. The van der Waals surface area contributed by atoms with Crippen LogP contribution in [-0.2, 0) is 6.54 Å². The third-order valence-corrected chi connectivity index (χ3v) is 4.53. The molecule has 0 aliphatic carbocycles. The number of hydrogen-bond acceptors (Lipinski definition) is 3. The first kappa shape index (κ1) is 15.8. The van der Waals surface area contributed by atoms with Crippen LogP contribution in [0.4, 0.5) is 0 Å². The number of benzene rings is 1. The van der Waals surface area contributed by atoms with Crippen molar-refractivity contribution in [1.82, 2.24) is 9.80 Å². The van der Waals surface area contributed by atoms with Crippen LogP contribution in [0, 0.1) is 12.8 Å². The molecule has 0 atom stereocenters. The van der Waals surface area contributed by atoms with Gasteiger partial charge in [0.05, 0.1) is 0 Å². The van der Waals surface area contributed by atoms with Crippen molar-refractivity contribution in [2.45, 2.75) is 26.3 Å². The number of hydrogen-bond donors (Lipinski definition) is 1. The number of nitrogens with zero attached hydrogens (tertiary/aromatic N) is 2. The van der Waals surface area contributed by atoms with Crippen LogP contribution in [0.15, 0.2) is 16.6 Å². The Hall–Kier alpha value is -0.580. The van der Waals surface area contributed by atoms with E-state index in [0.717, 1.165) is 41.2 Å². The van der Waals surface area contributed by atoms with E-state index in [1.807, 2.05) is 19.1 Å². The molecule has 0 saturated carbocycles. The highest BCUT2D eigenvalue weighted by atomic mass is 79.9. The Kier molecular flexibility index (Phi) is 5.47. The summed E-state index contributed by atoms with van der Waals surface area (Å²) in [6.07, 6.45) is 2.51. The average molecular weight is 341 g/mol. The van der Waals surface area contributed by atoms with Gasteiger partial charge in [0, 0.05) is 23.1 Å². The van der Waals surface area contributed by atoms with Gasteiger partial charge in [0.1, 0.15) is 5.75 Å². The number of aryl methyl sites for hydroxylation is 1. The van der Waals surface area contributed by atoms with Gasteiger partial charge in [0.2, 0.25) is 0 Å². The van der Waals surface area contributed by atoms with Crippen molar-refractivity contribution in [3.05, 3.63) is 27.7 Å². The molecule has 1 aromatic rings. The van der Waals surface area contributed by atoms with E-state index in [0.29, 0.717) is 5.75 Å². The van der Waals surface area contributed by atoms with E-state index in [4.69, 9.17) is 0 Å². The highest BCUT2D eigenvalue weighted by molar-refractivity contribution is 9.10. The fraction of sp³-hybridized carbons (Fsp3) is 0.625. The van der Waals surface area contributed by atoms with Crippen LogP contribution in [0.25, 0.3) is 0 Å². The summed E-state index contributed by atoms with van der Waals surface area (Å²) in [6.45, 7) is 6.25. The van der Waals surface area contributed by atoms with Crippen LogP contribution in [0.5, 0.6) is 5.75 Å². The van der Waals surface area contributed by atoms with E-state index < -0.39 is 0 Å². The molecule has 0 bridgehead atoms. The molecule has 0 unspecified atom stereocenters. The normalized spacial score (nSPS) is 17.9. The second-order valence-electron chi connectivity index (χ2n) is 6.21. The van der Waals surface area contributed by atoms with Gasteiger partial charge in [0.15, 0.2) is 0 Å². The third-order valence-electron chi connectivity index (χ3n) is 4.07. The summed E-state index contributed by atoms with van der Waals surface area (Å²) in [5.41, 5.74) is 1.97. The predicted octanol–water partition coefficient (Wildman–Crippen LogP) is 3.24. The number of halogens is 1. The molecule has 0 radical (unpaired) electrons. The number of phenolic OH excluding ortho intramolecular Hbond substituents is 1. The molecule has 4 heteroatoms. The Balaban J connectivity index is 1.93. The van der Waals surface area contributed by atoms with Gasteiger partial charge >= 0.3 is 0 Å². The summed E-state index contributed by atoms with van der Waals surface area (Å²) in [5, 5.41) is 10.2. The highest BCUT2D eigenvalue weighted by Gasteiger charge is 2.20. The van der Waals surface area contributed by atoms with Gasteiger partial charge in [-0.2, -0.15) is 0 Å². The van der Waals surface area contributed by atoms with E-state index in [-0.39, 0.29) is 0 Å². The quantitative estimate of drug-likeness (QED) is 0.911. The van der Waals surface area contributed by atoms with Gasteiger partial charge in [0.25, 0.3) is 0 Å². The first-order valence-corrected chi connectivity index (χ1v) is 8.10. The molecule has 112 valence electrons. The minimum Gasteiger partial charge on any atom is -0.507 e. The van der Waals surface area contributed by atoms with E-state index in [1.54, 1.807) is 0 Å². The van der Waals surface area contributed by atoms with E-state index in [2.05, 4.69) is 39.8 Å². The molecule has 1 aromatic carbocycles. The zero-order valence-corrected chi connectivity index (χ0v) is 14.3. The monoisotopic (exact) mass is 340 g/mol. The van der Waals surface area contributed by atoms with Crippen LogP contribution < -0.4 is 0 Å². The van der Waals surface area contributed by atoms with Crippen molar-refractivity contribution >= 4 is 15.9 Å². The van der Waals surface area contributed by atoms with Crippen molar-refractivity contribution in [3.8, 4) is 5.75 Å². The first-order chi connectivity index (χ1) is 9.45. The van der Waals surface area contributed by atoms with Crippen molar-refractivity contribution in [1.29, 1.82) is 0 Å². The van der Waals surface area contributed by atoms with Crippen LogP contribution in [0.3, 0.4) is 0 Å². The maximum atomic E-state index is 10.2. The van der Waals surface area contributed by atoms with E-state index >= 15 is 0 Å². The Morgan fingerprint density at radius 1 is 1.30 bits per heavy atom. The molecule has 1 N–H and O–H groups in total. The van der Waals surface area contributed by atoms with Crippen molar-refractivity contribution in [3.63, 3.8) is 0 Å². The van der Waals surface area contributed by atoms with Crippen LogP contribution in [0.2, 0.25) is 0 Å². The molecule has 20 heavy (non-hydrogen) atoms. The second-order valence-corrected chi connectivity index (χ2v) is 7.13. The van der Waals surface area contributed by atoms with E-state index in [1.165, 1.54) is 19.4 Å². The van der Waals surface area contributed by atoms with Crippen LogP contribution in [-0.4, -0.2) is 48.6 Å². The average Bonchev–Trinajstić information content (AvgIpc) is 2.37. The maximum absolute atomic E-state index is 10.2. The van der Waals surface area contributed by atoms with Gasteiger partial charge in [-0.05, 0) is 70.6 Å². The summed E-state index contributed by atoms with van der Waals surface area (Å²) in [6, 6.07) is 4.00. The summed E-state index contributed by atoms with van der Waals surface area (Å²) >= 11 is 3.51. The van der Waals surface area contributed by atoms with Crippen molar-refractivity contribution in [2.24, 2.45) is 5.92 Å². The Morgan fingerprint density at radius 3 is 2.55 bits per heavy atom. The molecule has 1 saturated heterocycles. The molecule has 0 amide bonds. The molecule has 1 heterocycles. The molecule has 1 aliphatic rings. The number of rotatable bonds is 4. The minimum absolute atomic E-state index is 0.448. The summed E-state index contributed by atoms with van der Waals surface area (Å²) < 4.78 is 1.05. The van der Waals surface area contributed by atoms with Crippen molar-refractivity contribution < 1.29 is 5.11 Å². The molecular formula is C16H25BrN2O. The zero-order chi connectivity index (χ0) is 14.7. The Labute approximate surface area is 130 Å². The number of phenols is 1. The van der Waals surface area contributed by atoms with Crippen LogP contribution in [0.1, 0.15) is 24.0 Å². The largest absolute Gasteiger partial charge is 0.507 e. The lowest BCUT2D eigenvalue weighted by Gasteiger charge is -2.33. The topological polar surface area (TPSA) is 26.7 Å². The Morgan fingerprint density at radius 2 is 1.95 bits per heavy atom. The lowest BCUT2D eigenvalue weighted by atomic mass is 9.96. The van der Waals surface area contributed by atoms with Gasteiger partial charge < -0.3 is 10.0 Å². The number of likely N-dealkylation sites (tertiary alicyclic amines) is 1. The molecule has 2 rings (SSSR count). The number of aromatic hydroxyl groups is 1. The predicted molar refractivity (Wildman–Crippen MR) is 87.1 cm³/mol. The molecule has 1 aliphatic heterocycles. The lowest BCUT2D eigenvalue weighted by Crippen LogP contribution is -2.36. The van der Waals surface area contributed by atoms with Gasteiger partial charge in [-0.1, -0.05) is 15.9 Å². The lowest BCUT2D eigenvalue weighted by molar-refractivity contribution is 0.156. The molecular weight excluding hydrogens is 316 g/mol. The fourth-order valence-corrected chi connectivity index (χ4v) is 3.63. The van der Waals surface area contributed by atoms with Crippen molar-refractivity contribution in [2.75, 3.05) is 33.7 Å². The third kappa shape index (κ3) is 4.21. The smallest absolute Gasteiger partial charge is 0.123 e. The SMILES string of the molecule is Cc1cc(Br)cc(CN2CCC(CN(C)C)CC2)c1O. The van der Waals surface area contributed by atoms with Gasteiger partial charge in [-0.15, -0.1) is 0 Å². The molecule has 3 nitrogen and oxygen atoms in total. The van der Waals surface area contributed by atoms with Gasteiger partial charge in [-0.25, -0.2) is 0 Å². The summed E-state index contributed by atoms with van der Waals surface area (Å²) in [5.74, 6) is 1.27. The second kappa shape index (κ2) is 6.92. The fourth-order valence-electron chi connectivity index (χ4n) is 3.01. The summed E-state index contributed by atoms with van der Waals surface area (Å²) in [4.78, 5) is 4.73. The van der Waals surface area contributed by atoms with Gasteiger partial charge in [-0.3, -0.25) is 4.90 Å². The molecule has 0 aromatic heterocycles. The summed E-state index contributed by atoms with van der Waals surface area (Å²) in [7, 11) is 4.30. The number of piperidine rings is 1. The van der Waals surface area contributed by atoms with Crippen LogP contribution >= 0.6 is 15.9 Å². The zero-order valence-electron chi connectivity index (χ0n) is 12.7. The minimum atomic E-state index is 0.448. The maximum Gasteiger partial charge on any atom is 0.123 e. The Bertz CT molecular complexity index is 454. The molecule has 0 spiro atoms. The highest BCUT2D eigenvalue weighted by Crippen LogP contribution is 2.29. The van der Waals surface area contributed by atoms with E-state index in [9.17, 15) is 5.11 Å². The standard InChI is InChI=1S/C16H25BrN2O/c1-12-8-15(17)9-14(16(12)20)11-19-6-4-13(5-7-19)10-18(2)3/h8-9,13,20H,4-7,10-11H2,1-3H3.